The van der Waals surface area contributed by atoms with Gasteiger partial charge in [-0.05, 0) is 42.3 Å². The van der Waals surface area contributed by atoms with Gasteiger partial charge in [-0.1, -0.05) is 60.2 Å². The van der Waals surface area contributed by atoms with Gasteiger partial charge in [-0.25, -0.2) is 8.42 Å². The number of nitrogens with zero attached hydrogens (tertiary/aromatic N) is 1. The van der Waals surface area contributed by atoms with Crippen molar-refractivity contribution in [3.63, 3.8) is 0 Å². The molecule has 0 saturated heterocycles. The van der Waals surface area contributed by atoms with Gasteiger partial charge in [0, 0.05) is 7.05 Å². The van der Waals surface area contributed by atoms with Gasteiger partial charge in [0.2, 0.25) is 10.0 Å². The molecule has 0 radical (unpaired) electrons. The van der Waals surface area contributed by atoms with Crippen LogP contribution in [0.25, 0.3) is 0 Å². The minimum atomic E-state index is -3.34. The maximum absolute atomic E-state index is 12.6. The molecule has 1 unspecified atom stereocenters. The molecule has 162 valence electrons. The fraction of sp³-hybridized carbons (Fsp3) is 0.208. The van der Waals surface area contributed by atoms with Crippen LogP contribution in [0, 0.1) is 6.92 Å². The normalized spacial score (nSPS) is 12.1. The third-order valence-corrected chi connectivity index (χ3v) is 6.09. The van der Waals surface area contributed by atoms with E-state index < -0.39 is 10.0 Å². The van der Waals surface area contributed by atoms with Crippen molar-refractivity contribution < 1.29 is 17.9 Å². The van der Waals surface area contributed by atoms with E-state index in [1.165, 1.54) is 11.4 Å². The largest absolute Gasteiger partial charge is 0.484 e. The number of rotatable bonds is 8. The quantitative estimate of drug-likeness (QED) is 0.582. The molecule has 0 spiro atoms. The van der Waals surface area contributed by atoms with Crippen molar-refractivity contribution in [2.75, 3.05) is 24.2 Å². The molecule has 1 atom stereocenters. The number of nitrogens with one attached hydrogen (secondary N) is 1. The highest BCUT2D eigenvalue weighted by molar-refractivity contribution is 7.92. The third-order valence-electron chi connectivity index (χ3n) is 4.88. The van der Waals surface area contributed by atoms with Crippen LogP contribution in [0.2, 0.25) is 0 Å². The SMILES string of the molecule is Cc1cccc(C(NC(=O)COc2ccc(N(C)S(C)(=O)=O)cc2)c2ccccc2)c1. The van der Waals surface area contributed by atoms with E-state index in [4.69, 9.17) is 4.74 Å². The minimum absolute atomic E-state index is 0.156. The molecule has 31 heavy (non-hydrogen) atoms. The van der Waals surface area contributed by atoms with Gasteiger partial charge in [-0.15, -0.1) is 0 Å². The molecule has 0 heterocycles. The van der Waals surface area contributed by atoms with Crippen molar-refractivity contribution in [1.29, 1.82) is 0 Å². The fourth-order valence-electron chi connectivity index (χ4n) is 3.15. The van der Waals surface area contributed by atoms with Crippen molar-refractivity contribution in [3.05, 3.63) is 95.6 Å². The lowest BCUT2D eigenvalue weighted by Gasteiger charge is -2.20. The molecule has 3 aromatic carbocycles. The van der Waals surface area contributed by atoms with Crippen molar-refractivity contribution in [2.45, 2.75) is 13.0 Å². The zero-order valence-corrected chi connectivity index (χ0v) is 18.6. The Morgan fingerprint density at radius 3 is 2.23 bits per heavy atom. The number of sulfonamides is 1. The highest BCUT2D eigenvalue weighted by atomic mass is 32.2. The minimum Gasteiger partial charge on any atom is -0.484 e. The Morgan fingerprint density at radius 2 is 1.61 bits per heavy atom. The average molecular weight is 439 g/mol. The van der Waals surface area contributed by atoms with Gasteiger partial charge in [0.05, 0.1) is 18.0 Å². The molecule has 0 saturated carbocycles. The summed E-state index contributed by atoms with van der Waals surface area (Å²) in [5.74, 6) is 0.223. The standard InChI is InChI=1S/C24H26N2O4S/c1-18-8-7-11-20(16-18)24(19-9-5-4-6-10-19)25-23(27)17-30-22-14-12-21(13-15-22)26(2)31(3,28)29/h4-16,24H,17H2,1-3H3,(H,25,27). The highest BCUT2D eigenvalue weighted by Gasteiger charge is 2.17. The average Bonchev–Trinajstić information content (AvgIpc) is 2.76. The Morgan fingerprint density at radius 1 is 0.968 bits per heavy atom. The van der Waals surface area contributed by atoms with Crippen LogP contribution in [0.1, 0.15) is 22.7 Å². The van der Waals surface area contributed by atoms with Gasteiger partial charge in [0.25, 0.3) is 5.91 Å². The third kappa shape index (κ3) is 6.08. The molecular formula is C24H26N2O4S. The molecule has 3 rings (SSSR count). The molecule has 0 fully saturated rings. The van der Waals surface area contributed by atoms with Crippen LogP contribution in [-0.2, 0) is 14.8 Å². The number of amides is 1. The van der Waals surface area contributed by atoms with E-state index in [9.17, 15) is 13.2 Å². The lowest BCUT2D eigenvalue weighted by molar-refractivity contribution is -0.123. The van der Waals surface area contributed by atoms with Crippen molar-refractivity contribution in [3.8, 4) is 5.75 Å². The summed E-state index contributed by atoms with van der Waals surface area (Å²) < 4.78 is 30.0. The first-order chi connectivity index (χ1) is 14.7. The lowest BCUT2D eigenvalue weighted by atomic mass is 9.97. The first-order valence-electron chi connectivity index (χ1n) is 9.81. The number of aryl methyl sites for hydroxylation is 1. The first kappa shape index (κ1) is 22.4. The van der Waals surface area contributed by atoms with Gasteiger partial charge in [0.1, 0.15) is 5.75 Å². The molecule has 1 amide bonds. The molecule has 1 N–H and O–H groups in total. The summed E-state index contributed by atoms with van der Waals surface area (Å²) in [5.41, 5.74) is 3.60. The van der Waals surface area contributed by atoms with Gasteiger partial charge < -0.3 is 10.1 Å². The summed E-state index contributed by atoms with van der Waals surface area (Å²) in [7, 11) is -1.86. The van der Waals surface area contributed by atoms with E-state index >= 15 is 0 Å². The van der Waals surface area contributed by atoms with Gasteiger partial charge in [-0.3, -0.25) is 9.10 Å². The van der Waals surface area contributed by atoms with E-state index in [2.05, 4.69) is 11.4 Å². The van der Waals surface area contributed by atoms with Crippen LogP contribution in [0.15, 0.2) is 78.9 Å². The molecule has 0 aliphatic carbocycles. The van der Waals surface area contributed by atoms with E-state index in [1.807, 2.05) is 55.5 Å². The summed E-state index contributed by atoms with van der Waals surface area (Å²) >= 11 is 0. The van der Waals surface area contributed by atoms with Gasteiger partial charge in [0.15, 0.2) is 6.61 Å². The Bertz CT molecular complexity index is 1130. The first-order valence-corrected chi connectivity index (χ1v) is 11.7. The predicted molar refractivity (Wildman–Crippen MR) is 123 cm³/mol. The Labute approximate surface area is 183 Å². The van der Waals surface area contributed by atoms with Crippen LogP contribution in [0.5, 0.6) is 5.75 Å². The van der Waals surface area contributed by atoms with Crippen LogP contribution >= 0.6 is 0 Å². The number of anilines is 1. The van der Waals surface area contributed by atoms with Crippen molar-refractivity contribution in [1.82, 2.24) is 5.32 Å². The van der Waals surface area contributed by atoms with Gasteiger partial charge in [-0.2, -0.15) is 0 Å². The second-order valence-corrected chi connectivity index (χ2v) is 9.35. The lowest BCUT2D eigenvalue weighted by Crippen LogP contribution is -2.33. The molecule has 0 aliphatic rings. The van der Waals surface area contributed by atoms with Crippen molar-refractivity contribution >= 4 is 21.6 Å². The smallest absolute Gasteiger partial charge is 0.258 e. The summed E-state index contributed by atoms with van der Waals surface area (Å²) in [6.07, 6.45) is 1.14. The van der Waals surface area contributed by atoms with Crippen LogP contribution in [0.4, 0.5) is 5.69 Å². The Hall–Kier alpha value is -3.32. The molecular weight excluding hydrogens is 412 g/mol. The molecule has 7 heteroatoms. The van der Waals surface area contributed by atoms with Crippen molar-refractivity contribution in [2.24, 2.45) is 0 Å². The second-order valence-electron chi connectivity index (χ2n) is 7.34. The highest BCUT2D eigenvalue weighted by Crippen LogP contribution is 2.23. The summed E-state index contributed by atoms with van der Waals surface area (Å²) in [4.78, 5) is 12.6. The molecule has 3 aromatic rings. The van der Waals surface area contributed by atoms with E-state index in [0.29, 0.717) is 11.4 Å². The molecule has 0 bridgehead atoms. The van der Waals surface area contributed by atoms with E-state index in [1.54, 1.807) is 24.3 Å². The van der Waals surface area contributed by atoms with Crippen LogP contribution < -0.4 is 14.4 Å². The maximum Gasteiger partial charge on any atom is 0.258 e. The number of ether oxygens (including phenoxy) is 1. The zero-order chi connectivity index (χ0) is 22.4. The number of hydrogen-bond acceptors (Lipinski definition) is 4. The number of carbonyl (C=O) groups is 1. The second kappa shape index (κ2) is 9.66. The fourth-order valence-corrected chi connectivity index (χ4v) is 3.65. The maximum atomic E-state index is 12.6. The topological polar surface area (TPSA) is 75.7 Å². The van der Waals surface area contributed by atoms with Crippen LogP contribution in [-0.4, -0.2) is 34.2 Å². The van der Waals surface area contributed by atoms with E-state index in [-0.39, 0.29) is 18.6 Å². The van der Waals surface area contributed by atoms with Gasteiger partial charge >= 0.3 is 0 Å². The van der Waals surface area contributed by atoms with Crippen LogP contribution in [0.3, 0.4) is 0 Å². The molecule has 0 aromatic heterocycles. The number of carbonyl (C=O) groups excluding carboxylic acids is 1. The monoisotopic (exact) mass is 438 g/mol. The zero-order valence-electron chi connectivity index (χ0n) is 17.8. The number of benzene rings is 3. The summed E-state index contributed by atoms with van der Waals surface area (Å²) in [6, 6.07) is 24.1. The number of hydrogen-bond donors (Lipinski definition) is 1. The predicted octanol–water partition coefficient (Wildman–Crippen LogP) is 3.68. The van der Waals surface area contributed by atoms with E-state index in [0.717, 1.165) is 22.9 Å². The Balaban J connectivity index is 1.68. The molecule has 0 aliphatic heterocycles. The Kier molecular flexibility index (Phi) is 6.97. The molecule has 6 nitrogen and oxygen atoms in total. The summed E-state index contributed by atoms with van der Waals surface area (Å²) in [5, 5.41) is 3.05. The summed E-state index contributed by atoms with van der Waals surface area (Å²) in [6.45, 7) is 1.86.